The van der Waals surface area contributed by atoms with Gasteiger partial charge in [0.05, 0.1) is 12.7 Å². The number of quaternary nitrogens is 1. The number of methoxy groups -OCH3 is 1. The van der Waals surface area contributed by atoms with Crippen LogP contribution in [-0.2, 0) is 19.7 Å². The van der Waals surface area contributed by atoms with Crippen LogP contribution >= 0.6 is 11.6 Å². The second-order valence-electron chi connectivity index (χ2n) is 7.22. The van der Waals surface area contributed by atoms with Gasteiger partial charge in [0.15, 0.2) is 0 Å². The zero-order chi connectivity index (χ0) is 20.8. The topological polar surface area (TPSA) is 35.1 Å². The summed E-state index contributed by atoms with van der Waals surface area (Å²) in [6.45, 7) is 2.24. The van der Waals surface area contributed by atoms with Crippen molar-refractivity contribution >= 4 is 22.4 Å². The highest BCUT2D eigenvalue weighted by Crippen LogP contribution is 2.28. The average molecular weight is 419 g/mol. The zero-order valence-corrected chi connectivity index (χ0v) is 17.7. The largest absolute Gasteiger partial charge is 0.497 e. The molecule has 0 spiro atoms. The minimum Gasteiger partial charge on any atom is -0.497 e. The van der Waals surface area contributed by atoms with Crippen molar-refractivity contribution in [1.29, 1.82) is 0 Å². The lowest BCUT2D eigenvalue weighted by Gasteiger charge is -2.14. The monoisotopic (exact) mass is 418 g/mol. The van der Waals surface area contributed by atoms with Crippen molar-refractivity contribution < 1.29 is 14.8 Å². The van der Waals surface area contributed by atoms with Gasteiger partial charge in [0.25, 0.3) is 0 Å². The summed E-state index contributed by atoms with van der Waals surface area (Å²) in [5.74, 6) is 1.81. The Balaban J connectivity index is 1.51. The van der Waals surface area contributed by atoms with Crippen LogP contribution in [0, 0.1) is 0 Å². The van der Waals surface area contributed by atoms with E-state index in [4.69, 9.17) is 21.1 Å². The number of rotatable bonds is 8. The molecule has 0 saturated heterocycles. The number of benzene rings is 4. The van der Waals surface area contributed by atoms with Gasteiger partial charge in [-0.25, -0.2) is 0 Å². The number of fused-ring (bicyclic) bond motifs is 1. The first kappa shape index (κ1) is 20.3. The van der Waals surface area contributed by atoms with E-state index < -0.39 is 0 Å². The first-order valence-electron chi connectivity index (χ1n) is 10.1. The molecule has 0 atom stereocenters. The van der Waals surface area contributed by atoms with Crippen molar-refractivity contribution in [1.82, 2.24) is 0 Å². The van der Waals surface area contributed by atoms with Crippen LogP contribution in [0.25, 0.3) is 10.8 Å². The van der Waals surface area contributed by atoms with Gasteiger partial charge in [-0.15, -0.1) is 0 Å². The van der Waals surface area contributed by atoms with E-state index in [-0.39, 0.29) is 0 Å². The summed E-state index contributed by atoms with van der Waals surface area (Å²) in [4.78, 5) is 0. The van der Waals surface area contributed by atoms with Crippen LogP contribution in [0.15, 0.2) is 84.9 Å². The van der Waals surface area contributed by atoms with E-state index in [0.29, 0.717) is 6.61 Å². The lowest BCUT2D eigenvalue weighted by atomic mass is 10.0. The van der Waals surface area contributed by atoms with E-state index in [1.807, 2.05) is 36.4 Å². The number of nitrogens with two attached hydrogens (primary N) is 1. The molecule has 4 rings (SSSR count). The minimum atomic E-state index is 0.515. The lowest BCUT2D eigenvalue weighted by molar-refractivity contribution is -0.686. The van der Waals surface area contributed by atoms with Gasteiger partial charge in [-0.05, 0) is 58.8 Å². The highest BCUT2D eigenvalue weighted by Gasteiger charge is 2.11. The molecule has 0 radical (unpaired) electrons. The molecule has 0 amide bonds. The molecule has 152 valence electrons. The van der Waals surface area contributed by atoms with E-state index in [2.05, 4.69) is 53.8 Å². The summed E-state index contributed by atoms with van der Waals surface area (Å²) in [5.41, 5.74) is 3.58. The fourth-order valence-corrected chi connectivity index (χ4v) is 3.67. The smallest absolute Gasteiger partial charge is 0.129 e. The van der Waals surface area contributed by atoms with Gasteiger partial charge in [0.1, 0.15) is 31.2 Å². The second kappa shape index (κ2) is 9.66. The molecule has 0 heterocycles. The van der Waals surface area contributed by atoms with Gasteiger partial charge < -0.3 is 14.8 Å². The van der Waals surface area contributed by atoms with Crippen molar-refractivity contribution in [2.24, 2.45) is 0 Å². The maximum atomic E-state index is 6.22. The molecule has 0 saturated carbocycles. The third-order valence-electron chi connectivity index (χ3n) is 5.19. The SMILES string of the molecule is COc1ccc(C[NH2+]Cc2c(OCc3ccc(Cl)cc3)ccc3ccccc23)cc1. The molecule has 0 aliphatic rings. The maximum Gasteiger partial charge on any atom is 0.129 e. The van der Waals surface area contributed by atoms with Crippen LogP contribution in [0.5, 0.6) is 11.5 Å². The predicted octanol–water partition coefficient (Wildman–Crippen LogP) is 5.34. The maximum absolute atomic E-state index is 6.22. The Morgan fingerprint density at radius 2 is 1.50 bits per heavy atom. The Bertz CT molecular complexity index is 1110. The van der Waals surface area contributed by atoms with Crippen molar-refractivity contribution in [2.45, 2.75) is 19.7 Å². The molecule has 30 heavy (non-hydrogen) atoms. The number of halogens is 1. The molecule has 0 unspecified atom stereocenters. The fourth-order valence-electron chi connectivity index (χ4n) is 3.55. The first-order valence-corrected chi connectivity index (χ1v) is 10.4. The van der Waals surface area contributed by atoms with Gasteiger partial charge in [0.2, 0.25) is 0 Å². The van der Waals surface area contributed by atoms with Crippen LogP contribution in [0.2, 0.25) is 5.02 Å². The number of hydrogen-bond acceptors (Lipinski definition) is 2. The quantitative estimate of drug-likeness (QED) is 0.419. The van der Waals surface area contributed by atoms with Crippen LogP contribution in [0.4, 0.5) is 0 Å². The summed E-state index contributed by atoms with van der Waals surface area (Å²) < 4.78 is 11.5. The number of ether oxygens (including phenoxy) is 2. The molecule has 4 heteroatoms. The molecular formula is C26H25ClNO2+. The zero-order valence-electron chi connectivity index (χ0n) is 17.0. The van der Waals surface area contributed by atoms with Gasteiger partial charge in [-0.3, -0.25) is 0 Å². The van der Waals surface area contributed by atoms with E-state index in [1.165, 1.54) is 21.9 Å². The summed E-state index contributed by atoms with van der Waals surface area (Å²) in [6.07, 6.45) is 0. The molecule has 3 nitrogen and oxygen atoms in total. The summed E-state index contributed by atoms with van der Waals surface area (Å²) in [5, 5.41) is 5.50. The summed E-state index contributed by atoms with van der Waals surface area (Å²) >= 11 is 5.99. The van der Waals surface area contributed by atoms with Crippen LogP contribution < -0.4 is 14.8 Å². The molecule has 2 N–H and O–H groups in total. The van der Waals surface area contributed by atoms with E-state index in [1.54, 1.807) is 7.11 Å². The highest BCUT2D eigenvalue weighted by atomic mass is 35.5. The van der Waals surface area contributed by atoms with E-state index in [9.17, 15) is 0 Å². The van der Waals surface area contributed by atoms with Crippen molar-refractivity contribution in [3.8, 4) is 11.5 Å². The van der Waals surface area contributed by atoms with Crippen molar-refractivity contribution in [2.75, 3.05) is 7.11 Å². The molecule has 0 fully saturated rings. The molecular weight excluding hydrogens is 394 g/mol. The molecule has 0 aromatic heterocycles. The van der Waals surface area contributed by atoms with Crippen molar-refractivity contribution in [3.05, 3.63) is 107 Å². The normalized spacial score (nSPS) is 10.9. The van der Waals surface area contributed by atoms with Crippen LogP contribution in [-0.4, -0.2) is 7.11 Å². The van der Waals surface area contributed by atoms with E-state index >= 15 is 0 Å². The predicted molar refractivity (Wildman–Crippen MR) is 122 cm³/mol. The molecule has 4 aromatic rings. The average Bonchev–Trinajstić information content (AvgIpc) is 2.80. The molecule has 4 aromatic carbocycles. The third kappa shape index (κ3) is 4.93. The van der Waals surface area contributed by atoms with Crippen LogP contribution in [0.3, 0.4) is 0 Å². The molecule has 0 bridgehead atoms. The summed E-state index contributed by atoms with van der Waals surface area (Å²) in [7, 11) is 1.69. The second-order valence-corrected chi connectivity index (χ2v) is 7.66. The Morgan fingerprint density at radius 1 is 0.767 bits per heavy atom. The lowest BCUT2D eigenvalue weighted by Crippen LogP contribution is -2.80. The van der Waals surface area contributed by atoms with Gasteiger partial charge in [-0.2, -0.15) is 0 Å². The Labute approximate surface area is 182 Å². The van der Waals surface area contributed by atoms with Crippen molar-refractivity contribution in [3.63, 3.8) is 0 Å². The van der Waals surface area contributed by atoms with Gasteiger partial charge >= 0.3 is 0 Å². The first-order chi connectivity index (χ1) is 14.7. The van der Waals surface area contributed by atoms with Crippen LogP contribution in [0.1, 0.15) is 16.7 Å². The molecule has 0 aliphatic carbocycles. The highest BCUT2D eigenvalue weighted by molar-refractivity contribution is 6.30. The van der Waals surface area contributed by atoms with Gasteiger partial charge in [-0.1, -0.05) is 54.1 Å². The Morgan fingerprint density at radius 3 is 2.27 bits per heavy atom. The molecule has 0 aliphatic heterocycles. The minimum absolute atomic E-state index is 0.515. The Kier molecular flexibility index (Phi) is 6.53. The van der Waals surface area contributed by atoms with E-state index in [0.717, 1.165) is 35.2 Å². The Hall–Kier alpha value is -3.01. The fraction of sp³-hybridized carbons (Fsp3) is 0.154. The standard InChI is InChI=1S/C26H24ClNO2/c1-29-23-13-8-19(9-14-23)16-28-17-25-24-5-3-2-4-21(24)10-15-26(25)30-18-20-6-11-22(27)12-7-20/h2-15,28H,16-18H2,1H3/p+1. The number of hydrogen-bond donors (Lipinski definition) is 1. The summed E-state index contributed by atoms with van der Waals surface area (Å²) in [6, 6.07) is 28.7. The third-order valence-corrected chi connectivity index (χ3v) is 5.44. The van der Waals surface area contributed by atoms with Gasteiger partial charge in [0, 0.05) is 10.6 Å².